The fourth-order valence-corrected chi connectivity index (χ4v) is 3.74. The van der Waals surface area contributed by atoms with Crippen molar-refractivity contribution >= 4 is 5.69 Å². The van der Waals surface area contributed by atoms with Gasteiger partial charge in [-0.15, -0.1) is 0 Å². The lowest BCUT2D eigenvalue weighted by Crippen LogP contribution is -2.49. The Hall–Kier alpha value is -2.08. The molecule has 3 rings (SSSR count). The van der Waals surface area contributed by atoms with Crippen molar-refractivity contribution in [3.63, 3.8) is 0 Å². The number of hydrogen-bond donors (Lipinski definition) is 1. The van der Waals surface area contributed by atoms with Gasteiger partial charge in [-0.3, -0.25) is 9.80 Å². The van der Waals surface area contributed by atoms with E-state index in [0.717, 1.165) is 50.7 Å². The van der Waals surface area contributed by atoms with Gasteiger partial charge in [0.25, 0.3) is 0 Å². The fourth-order valence-electron chi connectivity index (χ4n) is 3.74. The normalized spacial score (nSPS) is 16.5. The number of benzene rings is 2. The molecule has 0 amide bonds. The molecule has 5 nitrogen and oxygen atoms in total. The van der Waals surface area contributed by atoms with Gasteiger partial charge in [0.2, 0.25) is 0 Å². The molecule has 0 saturated carbocycles. The first-order valence-electron chi connectivity index (χ1n) is 9.66. The third-order valence-corrected chi connectivity index (χ3v) is 5.08. The molecule has 1 heterocycles. The lowest BCUT2D eigenvalue weighted by atomic mass is 10.2. The zero-order valence-corrected chi connectivity index (χ0v) is 16.4. The Labute approximate surface area is 162 Å². The van der Waals surface area contributed by atoms with Crippen LogP contribution in [0.5, 0.6) is 5.75 Å². The number of nitrogens with zero attached hydrogens (tertiary/aromatic N) is 3. The Morgan fingerprint density at radius 2 is 1.67 bits per heavy atom. The summed E-state index contributed by atoms with van der Waals surface area (Å²) in [5.41, 5.74) is 2.43. The van der Waals surface area contributed by atoms with Crippen molar-refractivity contribution < 1.29 is 9.84 Å². The molecule has 1 fully saturated rings. The molecule has 0 radical (unpaired) electrons. The Bertz CT molecular complexity index is 687. The molecule has 1 aliphatic rings. The van der Waals surface area contributed by atoms with Crippen molar-refractivity contribution in [2.75, 3.05) is 58.3 Å². The van der Waals surface area contributed by atoms with Crippen LogP contribution < -0.4 is 9.64 Å². The van der Waals surface area contributed by atoms with Crippen molar-refractivity contribution in [1.82, 2.24) is 9.80 Å². The molecule has 1 N–H and O–H groups in total. The van der Waals surface area contributed by atoms with Gasteiger partial charge in [-0.1, -0.05) is 42.5 Å². The second-order valence-corrected chi connectivity index (χ2v) is 7.30. The Morgan fingerprint density at radius 1 is 1.00 bits per heavy atom. The lowest BCUT2D eigenvalue weighted by molar-refractivity contribution is 0.0776. The van der Waals surface area contributed by atoms with E-state index >= 15 is 0 Å². The van der Waals surface area contributed by atoms with E-state index in [9.17, 15) is 5.11 Å². The van der Waals surface area contributed by atoms with Crippen LogP contribution in [0.4, 0.5) is 5.69 Å². The van der Waals surface area contributed by atoms with Crippen LogP contribution in [0.2, 0.25) is 0 Å². The molecule has 27 heavy (non-hydrogen) atoms. The molecular formula is C22H31N3O2. The van der Waals surface area contributed by atoms with Gasteiger partial charge in [0.05, 0.1) is 18.9 Å². The molecule has 0 bridgehead atoms. The van der Waals surface area contributed by atoms with Crippen LogP contribution in [-0.2, 0) is 6.54 Å². The molecule has 146 valence electrons. The molecule has 0 spiro atoms. The number of anilines is 1. The number of hydrogen-bond acceptors (Lipinski definition) is 5. The van der Waals surface area contributed by atoms with Crippen LogP contribution >= 0.6 is 0 Å². The third-order valence-electron chi connectivity index (χ3n) is 5.08. The first kappa shape index (κ1) is 19.7. The average molecular weight is 370 g/mol. The van der Waals surface area contributed by atoms with E-state index < -0.39 is 0 Å². The van der Waals surface area contributed by atoms with Crippen LogP contribution in [0.15, 0.2) is 54.6 Å². The number of methoxy groups -OCH3 is 1. The van der Waals surface area contributed by atoms with Crippen molar-refractivity contribution in [2.45, 2.75) is 12.6 Å². The van der Waals surface area contributed by atoms with Crippen molar-refractivity contribution in [3.8, 4) is 5.75 Å². The largest absolute Gasteiger partial charge is 0.495 e. The molecular weight excluding hydrogens is 338 g/mol. The molecule has 1 aliphatic heterocycles. The number of rotatable bonds is 8. The summed E-state index contributed by atoms with van der Waals surface area (Å²) in [6.45, 7) is 6.08. The molecule has 2 aromatic carbocycles. The van der Waals surface area contributed by atoms with Gasteiger partial charge in [-0.05, 0) is 24.7 Å². The fraction of sp³-hybridized carbons (Fsp3) is 0.455. The maximum Gasteiger partial charge on any atom is 0.142 e. The standard InChI is InChI=1S/C22H31N3O2/c1-23(16-19-8-4-3-5-9-19)17-20(26)18-24-12-14-25(15-13-24)21-10-6-7-11-22(21)27-2/h3-11,20,26H,12-18H2,1-2H3. The minimum atomic E-state index is -0.337. The molecule has 5 heteroatoms. The van der Waals surface area contributed by atoms with E-state index in [4.69, 9.17) is 4.74 Å². The predicted octanol–water partition coefficient (Wildman–Crippen LogP) is 2.31. The number of β-amino-alcohol motifs (C(OH)–C–C–N with tert-alkyl or cyclic N) is 1. The second kappa shape index (κ2) is 9.74. The van der Waals surface area contributed by atoms with Crippen LogP contribution in [0.3, 0.4) is 0 Å². The quantitative estimate of drug-likeness (QED) is 0.773. The SMILES string of the molecule is COc1ccccc1N1CCN(CC(O)CN(C)Cc2ccccc2)CC1. The van der Waals surface area contributed by atoms with E-state index in [0.29, 0.717) is 6.54 Å². The van der Waals surface area contributed by atoms with E-state index in [-0.39, 0.29) is 6.10 Å². The molecule has 0 aliphatic carbocycles. The predicted molar refractivity (Wildman–Crippen MR) is 110 cm³/mol. The second-order valence-electron chi connectivity index (χ2n) is 7.30. The number of aliphatic hydroxyl groups excluding tert-OH is 1. The zero-order valence-electron chi connectivity index (χ0n) is 16.4. The summed E-state index contributed by atoms with van der Waals surface area (Å²) < 4.78 is 5.48. The zero-order chi connectivity index (χ0) is 19.1. The summed E-state index contributed by atoms with van der Waals surface area (Å²) in [7, 11) is 3.78. The number of likely N-dealkylation sites (N-methyl/N-ethyl adjacent to an activating group) is 1. The highest BCUT2D eigenvalue weighted by Crippen LogP contribution is 2.28. The monoisotopic (exact) mass is 369 g/mol. The molecule has 1 atom stereocenters. The minimum absolute atomic E-state index is 0.337. The number of piperazine rings is 1. The molecule has 0 aromatic heterocycles. The smallest absolute Gasteiger partial charge is 0.142 e. The lowest BCUT2D eigenvalue weighted by Gasteiger charge is -2.37. The van der Waals surface area contributed by atoms with Crippen molar-refractivity contribution in [2.24, 2.45) is 0 Å². The first-order chi connectivity index (χ1) is 13.2. The van der Waals surface area contributed by atoms with E-state index in [1.165, 1.54) is 5.56 Å². The van der Waals surface area contributed by atoms with Crippen LogP contribution in [0, 0.1) is 0 Å². The number of para-hydroxylation sites is 2. The Kier molecular flexibility index (Phi) is 7.10. The van der Waals surface area contributed by atoms with Crippen LogP contribution in [-0.4, -0.2) is 74.4 Å². The highest BCUT2D eigenvalue weighted by atomic mass is 16.5. The topological polar surface area (TPSA) is 39.2 Å². The van der Waals surface area contributed by atoms with Crippen LogP contribution in [0.1, 0.15) is 5.56 Å². The Morgan fingerprint density at radius 3 is 2.37 bits per heavy atom. The van der Waals surface area contributed by atoms with Gasteiger partial charge in [0.15, 0.2) is 0 Å². The van der Waals surface area contributed by atoms with E-state index in [2.05, 4.69) is 58.1 Å². The van der Waals surface area contributed by atoms with E-state index in [1.807, 2.05) is 18.2 Å². The maximum atomic E-state index is 10.5. The highest BCUT2D eigenvalue weighted by molar-refractivity contribution is 5.58. The van der Waals surface area contributed by atoms with Crippen LogP contribution in [0.25, 0.3) is 0 Å². The van der Waals surface area contributed by atoms with Gasteiger partial charge in [0, 0.05) is 45.8 Å². The highest BCUT2D eigenvalue weighted by Gasteiger charge is 2.21. The number of ether oxygens (including phenoxy) is 1. The summed E-state index contributed by atoms with van der Waals surface area (Å²) in [6, 6.07) is 18.6. The summed E-state index contributed by atoms with van der Waals surface area (Å²) in [5, 5.41) is 10.5. The van der Waals surface area contributed by atoms with Gasteiger partial charge >= 0.3 is 0 Å². The Balaban J connectivity index is 1.43. The van der Waals surface area contributed by atoms with Crippen molar-refractivity contribution in [1.29, 1.82) is 0 Å². The molecule has 1 saturated heterocycles. The maximum absolute atomic E-state index is 10.5. The summed E-state index contributed by atoms with van der Waals surface area (Å²) >= 11 is 0. The van der Waals surface area contributed by atoms with E-state index in [1.54, 1.807) is 7.11 Å². The van der Waals surface area contributed by atoms with Gasteiger partial charge in [0.1, 0.15) is 5.75 Å². The van der Waals surface area contributed by atoms with Gasteiger partial charge in [-0.2, -0.15) is 0 Å². The summed E-state index contributed by atoms with van der Waals surface area (Å²) in [6.07, 6.45) is -0.337. The summed E-state index contributed by atoms with van der Waals surface area (Å²) in [4.78, 5) is 6.90. The van der Waals surface area contributed by atoms with Gasteiger partial charge in [-0.25, -0.2) is 0 Å². The summed E-state index contributed by atoms with van der Waals surface area (Å²) in [5.74, 6) is 0.925. The molecule has 2 aromatic rings. The number of aliphatic hydroxyl groups is 1. The van der Waals surface area contributed by atoms with Gasteiger partial charge < -0.3 is 14.7 Å². The average Bonchev–Trinajstić information content (AvgIpc) is 2.69. The molecule has 1 unspecified atom stereocenters. The van der Waals surface area contributed by atoms with Crippen molar-refractivity contribution in [3.05, 3.63) is 60.2 Å². The third kappa shape index (κ3) is 5.70. The minimum Gasteiger partial charge on any atom is -0.495 e. The first-order valence-corrected chi connectivity index (χ1v) is 9.66.